The highest BCUT2D eigenvalue weighted by molar-refractivity contribution is 7.20. The third-order valence-corrected chi connectivity index (χ3v) is 8.14. The lowest BCUT2D eigenvalue weighted by atomic mass is 9.12. The van der Waals surface area contributed by atoms with E-state index >= 15 is 35.1 Å². The van der Waals surface area contributed by atoms with Gasteiger partial charge in [0.25, 0.3) is 0 Å². The first-order valence-electron chi connectivity index (χ1n) is 15.2. The van der Waals surface area contributed by atoms with Gasteiger partial charge >= 0.3 is 0 Å². The van der Waals surface area contributed by atoms with E-state index in [1.54, 1.807) is 4.90 Å². The van der Waals surface area contributed by atoms with Gasteiger partial charge in [0.2, 0.25) is 0 Å². The smallest absolute Gasteiger partial charge is 0.191 e. The van der Waals surface area contributed by atoms with Gasteiger partial charge in [-0.1, -0.05) is 20.8 Å². The third-order valence-electron chi connectivity index (χ3n) is 8.14. The first kappa shape index (κ1) is 41.2. The van der Waals surface area contributed by atoms with Gasteiger partial charge < -0.3 is 4.90 Å². The molecule has 0 bridgehead atoms. The lowest BCUT2D eigenvalue weighted by molar-refractivity contribution is -0.900. The van der Waals surface area contributed by atoms with Crippen molar-refractivity contribution < 1.29 is 75.1 Å². The van der Waals surface area contributed by atoms with Crippen molar-refractivity contribution in [1.29, 1.82) is 0 Å². The first-order chi connectivity index (χ1) is 23.8. The Kier molecular flexibility index (Phi) is 13.3. The summed E-state index contributed by atoms with van der Waals surface area (Å²) >= 11 is 0. The number of hydrogen-bond acceptors (Lipinski definition) is 0. The standard InChI is InChI=1S/C24H4BF16.C9H21N/c26-5-1-9(30)17(34)21(38)13(5)25(14-6(27)2-10(31)18(35)22(14)39,15-7(28)3-11(32)19(36)23(15)40)16-8(29)4-12(33)20(37)24(16)41;1-4-7-10(8-5-2)9-6-3/h1-4H;4-9H2,1-3H3/q-1;/p+1. The lowest BCUT2D eigenvalue weighted by Gasteiger charge is -2.44. The van der Waals surface area contributed by atoms with Gasteiger partial charge in [-0.3, -0.25) is 0 Å². The van der Waals surface area contributed by atoms with Crippen molar-refractivity contribution in [1.82, 2.24) is 0 Å². The van der Waals surface area contributed by atoms with Gasteiger partial charge in [0.15, 0.2) is 46.5 Å². The maximum absolute atomic E-state index is 15.3. The SMILES string of the molecule is CCC[NH+](CCC)CCC.Fc1cc(F)c([B-](c2c(F)cc(F)c(F)c2F)(c2c(F)cc(F)c(F)c2F)c2c(F)cc(F)c(F)c2F)c(F)c1F. The van der Waals surface area contributed by atoms with Crippen molar-refractivity contribution in [2.24, 2.45) is 0 Å². The van der Waals surface area contributed by atoms with Crippen LogP contribution in [-0.2, 0) is 0 Å². The molecular weight excluding hydrogens is 725 g/mol. The minimum atomic E-state index is -6.18. The summed E-state index contributed by atoms with van der Waals surface area (Å²) in [5.74, 6) is -45.1. The quantitative estimate of drug-likeness (QED) is 0.0830. The molecule has 0 aromatic heterocycles. The van der Waals surface area contributed by atoms with E-state index in [4.69, 9.17) is 0 Å². The molecule has 1 N–H and O–H groups in total. The van der Waals surface area contributed by atoms with Crippen molar-refractivity contribution >= 4 is 28.0 Å². The Morgan fingerprint density at radius 2 is 0.529 bits per heavy atom. The van der Waals surface area contributed by atoms with Crippen molar-refractivity contribution in [3.63, 3.8) is 0 Å². The topological polar surface area (TPSA) is 4.44 Å². The normalized spacial score (nSPS) is 11.7. The molecule has 1 nitrogen and oxygen atoms in total. The molecule has 0 amide bonds. The molecule has 0 radical (unpaired) electrons. The molecule has 4 rings (SSSR count). The van der Waals surface area contributed by atoms with Crippen LogP contribution in [0.5, 0.6) is 0 Å². The Hall–Kier alpha value is -4.22. The minimum Gasteiger partial charge on any atom is -0.335 e. The highest BCUT2D eigenvalue weighted by Gasteiger charge is 2.49. The van der Waals surface area contributed by atoms with Crippen molar-refractivity contribution in [3.8, 4) is 0 Å². The summed E-state index contributed by atoms with van der Waals surface area (Å²) in [6.45, 7) is 10.9. The van der Waals surface area contributed by atoms with Crippen molar-refractivity contribution in [2.75, 3.05) is 19.6 Å². The molecule has 18 heteroatoms. The van der Waals surface area contributed by atoms with E-state index in [9.17, 15) is 35.1 Å². The maximum atomic E-state index is 15.3. The van der Waals surface area contributed by atoms with Crippen molar-refractivity contribution in [2.45, 2.75) is 40.0 Å². The second-order valence-corrected chi connectivity index (χ2v) is 11.4. The Bertz CT molecular complexity index is 1660. The van der Waals surface area contributed by atoms with Gasteiger partial charge in [-0.2, -0.15) is 0 Å². The molecule has 51 heavy (non-hydrogen) atoms. The van der Waals surface area contributed by atoms with Crippen LogP contribution in [0.2, 0.25) is 0 Å². The van der Waals surface area contributed by atoms with Crippen LogP contribution in [0, 0.1) is 93.1 Å². The molecular formula is C33H26BF16N. The summed E-state index contributed by atoms with van der Waals surface area (Å²) in [6, 6.07) is -2.92. The molecule has 0 heterocycles. The second-order valence-electron chi connectivity index (χ2n) is 11.4. The van der Waals surface area contributed by atoms with Crippen LogP contribution in [0.15, 0.2) is 24.3 Å². The highest BCUT2D eigenvalue weighted by atomic mass is 19.2. The average Bonchev–Trinajstić information content (AvgIpc) is 3.04. The zero-order valence-corrected chi connectivity index (χ0v) is 26.7. The Labute approximate surface area is 280 Å². The lowest BCUT2D eigenvalue weighted by Crippen LogP contribution is -3.11. The van der Waals surface area contributed by atoms with Gasteiger partial charge in [-0.15, -0.1) is 21.9 Å². The zero-order chi connectivity index (χ0) is 38.7. The molecule has 0 saturated heterocycles. The van der Waals surface area contributed by atoms with Gasteiger partial charge in [0.05, 0.1) is 42.9 Å². The summed E-state index contributed by atoms with van der Waals surface area (Å²) in [6.07, 6.45) is -2.19. The highest BCUT2D eigenvalue weighted by Crippen LogP contribution is 2.27. The Balaban J connectivity index is 0.000000612. The van der Waals surface area contributed by atoms with Crippen LogP contribution in [0.1, 0.15) is 40.0 Å². The van der Waals surface area contributed by atoms with E-state index < -0.39 is 145 Å². The summed E-state index contributed by atoms with van der Waals surface area (Å²) in [7, 11) is 0. The maximum Gasteiger partial charge on any atom is 0.191 e. The zero-order valence-electron chi connectivity index (χ0n) is 26.7. The van der Waals surface area contributed by atoms with E-state index in [1.165, 1.54) is 38.9 Å². The average molecular weight is 751 g/mol. The van der Waals surface area contributed by atoms with Crippen LogP contribution in [-0.4, -0.2) is 25.8 Å². The van der Waals surface area contributed by atoms with Crippen LogP contribution in [0.4, 0.5) is 70.2 Å². The molecule has 0 aliphatic carbocycles. The van der Waals surface area contributed by atoms with Crippen LogP contribution in [0.3, 0.4) is 0 Å². The number of nitrogens with one attached hydrogen (secondary N) is 1. The molecule has 0 aliphatic heterocycles. The molecule has 0 unspecified atom stereocenters. The molecule has 0 spiro atoms. The predicted molar refractivity (Wildman–Crippen MR) is 156 cm³/mol. The van der Waals surface area contributed by atoms with Crippen LogP contribution < -0.4 is 26.8 Å². The van der Waals surface area contributed by atoms with Gasteiger partial charge in [0, 0.05) is 24.3 Å². The van der Waals surface area contributed by atoms with Crippen LogP contribution >= 0.6 is 0 Å². The van der Waals surface area contributed by atoms with E-state index in [-0.39, 0.29) is 0 Å². The summed E-state index contributed by atoms with van der Waals surface area (Å²) in [5.41, 5.74) is -10.9. The summed E-state index contributed by atoms with van der Waals surface area (Å²) < 4.78 is 235. The molecule has 278 valence electrons. The molecule has 0 aliphatic rings. The molecule has 4 aromatic rings. The number of rotatable bonds is 10. The second kappa shape index (κ2) is 16.4. The first-order valence-corrected chi connectivity index (χ1v) is 15.2. The third kappa shape index (κ3) is 7.42. The summed E-state index contributed by atoms with van der Waals surface area (Å²) in [4.78, 5) is 1.78. The van der Waals surface area contributed by atoms with E-state index in [0.717, 1.165) is 0 Å². The monoisotopic (exact) mass is 751 g/mol. The number of benzene rings is 4. The number of halogens is 16. The molecule has 0 atom stereocenters. The molecule has 0 saturated carbocycles. The van der Waals surface area contributed by atoms with Gasteiger partial charge in [-0.25, -0.2) is 70.2 Å². The molecule has 4 aromatic carbocycles. The predicted octanol–water partition coefficient (Wildman–Crippen LogP) is 6.39. The fourth-order valence-electron chi connectivity index (χ4n) is 6.21. The molecule has 0 fully saturated rings. The van der Waals surface area contributed by atoms with Gasteiger partial charge in [0.1, 0.15) is 29.4 Å². The van der Waals surface area contributed by atoms with E-state index in [2.05, 4.69) is 20.8 Å². The van der Waals surface area contributed by atoms with E-state index in [1.807, 2.05) is 0 Å². The largest absolute Gasteiger partial charge is 0.335 e. The van der Waals surface area contributed by atoms with Crippen LogP contribution in [0.25, 0.3) is 0 Å². The van der Waals surface area contributed by atoms with Crippen molar-refractivity contribution in [3.05, 3.63) is 117 Å². The summed E-state index contributed by atoms with van der Waals surface area (Å²) in [5, 5.41) is 0. The van der Waals surface area contributed by atoms with E-state index in [0.29, 0.717) is 0 Å². The fourth-order valence-corrected chi connectivity index (χ4v) is 6.21. The Morgan fingerprint density at radius 1 is 0.333 bits per heavy atom. The fraction of sp³-hybridized carbons (Fsp3) is 0.273. The minimum absolute atomic E-state index is 0.731. The number of quaternary nitrogens is 1. The van der Waals surface area contributed by atoms with Gasteiger partial charge in [-0.05, 0) is 19.3 Å². The Morgan fingerprint density at radius 3 is 0.706 bits per heavy atom. The number of hydrogen-bond donors (Lipinski definition) is 1.